The molecule has 0 aromatic heterocycles. The molecule has 0 bridgehead atoms. The Balaban J connectivity index is 2.75. The SMILES string of the molecule is CCNC1(CN)CCCCC1C(C)C. The summed E-state index contributed by atoms with van der Waals surface area (Å²) in [5.41, 5.74) is 6.23. The Morgan fingerprint density at radius 2 is 2.14 bits per heavy atom. The lowest BCUT2D eigenvalue weighted by Gasteiger charge is -2.46. The summed E-state index contributed by atoms with van der Waals surface area (Å²) in [7, 11) is 0. The zero-order chi connectivity index (χ0) is 10.6. The van der Waals surface area contributed by atoms with Crippen LogP contribution in [-0.2, 0) is 0 Å². The minimum Gasteiger partial charge on any atom is -0.329 e. The van der Waals surface area contributed by atoms with Crippen LogP contribution in [0.2, 0.25) is 0 Å². The molecule has 0 amide bonds. The molecule has 0 radical (unpaired) electrons. The van der Waals surface area contributed by atoms with Gasteiger partial charge in [0.25, 0.3) is 0 Å². The molecule has 1 rings (SSSR count). The van der Waals surface area contributed by atoms with Gasteiger partial charge in [0, 0.05) is 12.1 Å². The third kappa shape index (κ3) is 2.29. The highest BCUT2D eigenvalue weighted by Gasteiger charge is 2.40. The Morgan fingerprint density at radius 1 is 1.43 bits per heavy atom. The first-order valence-corrected chi connectivity index (χ1v) is 6.11. The minimum atomic E-state index is 0.237. The van der Waals surface area contributed by atoms with E-state index in [2.05, 4.69) is 26.1 Å². The van der Waals surface area contributed by atoms with E-state index in [-0.39, 0.29) is 5.54 Å². The van der Waals surface area contributed by atoms with E-state index in [0.717, 1.165) is 24.9 Å². The summed E-state index contributed by atoms with van der Waals surface area (Å²) in [6.07, 6.45) is 5.34. The lowest BCUT2D eigenvalue weighted by Crippen LogP contribution is -2.59. The molecule has 2 unspecified atom stereocenters. The van der Waals surface area contributed by atoms with Crippen molar-refractivity contribution in [1.29, 1.82) is 0 Å². The van der Waals surface area contributed by atoms with Crippen LogP contribution in [0, 0.1) is 11.8 Å². The summed E-state index contributed by atoms with van der Waals surface area (Å²) >= 11 is 0. The molecule has 2 atom stereocenters. The predicted octanol–water partition coefficient (Wildman–Crippen LogP) is 2.14. The van der Waals surface area contributed by atoms with Crippen LogP contribution >= 0.6 is 0 Å². The van der Waals surface area contributed by atoms with Gasteiger partial charge in [-0.1, -0.05) is 33.6 Å². The van der Waals surface area contributed by atoms with Gasteiger partial charge in [0.15, 0.2) is 0 Å². The Bertz CT molecular complexity index is 164. The molecule has 1 fully saturated rings. The summed E-state index contributed by atoms with van der Waals surface area (Å²) in [5.74, 6) is 1.51. The van der Waals surface area contributed by atoms with Gasteiger partial charge in [0.1, 0.15) is 0 Å². The van der Waals surface area contributed by atoms with Crippen molar-refractivity contribution < 1.29 is 0 Å². The Hall–Kier alpha value is -0.0800. The minimum absolute atomic E-state index is 0.237. The van der Waals surface area contributed by atoms with Crippen molar-refractivity contribution in [2.24, 2.45) is 17.6 Å². The average molecular weight is 198 g/mol. The van der Waals surface area contributed by atoms with Gasteiger partial charge in [-0.15, -0.1) is 0 Å². The molecule has 1 aliphatic rings. The fourth-order valence-electron chi connectivity index (χ4n) is 3.13. The molecule has 2 heteroatoms. The molecular formula is C12H26N2. The fraction of sp³-hybridized carbons (Fsp3) is 1.00. The van der Waals surface area contributed by atoms with Crippen molar-refractivity contribution >= 4 is 0 Å². The van der Waals surface area contributed by atoms with Crippen molar-refractivity contribution in [3.8, 4) is 0 Å². The van der Waals surface area contributed by atoms with E-state index < -0.39 is 0 Å². The highest BCUT2D eigenvalue weighted by molar-refractivity contribution is 4.98. The normalized spacial score (nSPS) is 33.6. The number of hydrogen-bond acceptors (Lipinski definition) is 2. The van der Waals surface area contributed by atoms with Gasteiger partial charge in [-0.3, -0.25) is 0 Å². The van der Waals surface area contributed by atoms with Crippen LogP contribution in [0.25, 0.3) is 0 Å². The van der Waals surface area contributed by atoms with Gasteiger partial charge in [-0.25, -0.2) is 0 Å². The molecule has 0 spiro atoms. The number of nitrogens with two attached hydrogens (primary N) is 1. The van der Waals surface area contributed by atoms with E-state index in [9.17, 15) is 0 Å². The monoisotopic (exact) mass is 198 g/mol. The van der Waals surface area contributed by atoms with Crippen molar-refractivity contribution in [2.45, 2.75) is 52.0 Å². The van der Waals surface area contributed by atoms with Crippen molar-refractivity contribution in [3.05, 3.63) is 0 Å². The van der Waals surface area contributed by atoms with Gasteiger partial charge < -0.3 is 11.1 Å². The Morgan fingerprint density at radius 3 is 2.64 bits per heavy atom. The van der Waals surface area contributed by atoms with E-state index >= 15 is 0 Å². The molecule has 2 nitrogen and oxygen atoms in total. The predicted molar refractivity (Wildman–Crippen MR) is 62.3 cm³/mol. The van der Waals surface area contributed by atoms with E-state index in [1.165, 1.54) is 25.7 Å². The number of rotatable bonds is 4. The summed E-state index contributed by atoms with van der Waals surface area (Å²) in [6, 6.07) is 0. The molecule has 84 valence electrons. The quantitative estimate of drug-likeness (QED) is 0.726. The zero-order valence-corrected chi connectivity index (χ0v) is 9.97. The topological polar surface area (TPSA) is 38.0 Å². The fourth-order valence-corrected chi connectivity index (χ4v) is 3.13. The van der Waals surface area contributed by atoms with E-state index in [0.29, 0.717) is 0 Å². The number of likely N-dealkylation sites (N-methyl/N-ethyl adjacent to an activating group) is 1. The number of nitrogens with one attached hydrogen (secondary N) is 1. The lowest BCUT2D eigenvalue weighted by molar-refractivity contribution is 0.111. The third-order valence-electron chi connectivity index (χ3n) is 3.80. The van der Waals surface area contributed by atoms with Gasteiger partial charge >= 0.3 is 0 Å². The smallest absolute Gasteiger partial charge is 0.0334 e. The first-order chi connectivity index (χ1) is 6.66. The second-order valence-electron chi connectivity index (χ2n) is 4.99. The van der Waals surface area contributed by atoms with Crippen molar-refractivity contribution in [3.63, 3.8) is 0 Å². The summed E-state index contributed by atoms with van der Waals surface area (Å²) < 4.78 is 0. The van der Waals surface area contributed by atoms with Crippen LogP contribution in [0.3, 0.4) is 0 Å². The van der Waals surface area contributed by atoms with Gasteiger partial charge in [-0.05, 0) is 31.2 Å². The van der Waals surface area contributed by atoms with Crippen LogP contribution in [-0.4, -0.2) is 18.6 Å². The molecule has 0 saturated heterocycles. The molecule has 14 heavy (non-hydrogen) atoms. The van der Waals surface area contributed by atoms with Crippen LogP contribution in [0.1, 0.15) is 46.5 Å². The van der Waals surface area contributed by atoms with Crippen molar-refractivity contribution in [2.75, 3.05) is 13.1 Å². The van der Waals surface area contributed by atoms with E-state index in [1.807, 2.05) is 0 Å². The maximum absolute atomic E-state index is 5.99. The first kappa shape index (κ1) is 12.0. The van der Waals surface area contributed by atoms with Crippen LogP contribution in [0.4, 0.5) is 0 Å². The molecule has 1 saturated carbocycles. The van der Waals surface area contributed by atoms with Gasteiger partial charge in [0.05, 0.1) is 0 Å². The highest BCUT2D eigenvalue weighted by atomic mass is 15.0. The second kappa shape index (κ2) is 5.13. The molecule has 3 N–H and O–H groups in total. The van der Waals surface area contributed by atoms with Crippen LogP contribution in [0.5, 0.6) is 0 Å². The molecule has 0 aromatic rings. The summed E-state index contributed by atoms with van der Waals surface area (Å²) in [5, 5.41) is 3.65. The first-order valence-electron chi connectivity index (χ1n) is 6.11. The zero-order valence-electron chi connectivity index (χ0n) is 9.97. The standard InChI is InChI=1S/C12H26N2/c1-4-14-12(9-13)8-6-5-7-11(12)10(2)3/h10-11,14H,4-9,13H2,1-3H3. The second-order valence-corrected chi connectivity index (χ2v) is 4.99. The highest BCUT2D eigenvalue weighted by Crippen LogP contribution is 2.37. The van der Waals surface area contributed by atoms with Gasteiger partial charge in [0.2, 0.25) is 0 Å². The Labute approximate surface area is 88.6 Å². The van der Waals surface area contributed by atoms with Crippen LogP contribution in [0.15, 0.2) is 0 Å². The maximum atomic E-state index is 5.99. The van der Waals surface area contributed by atoms with Gasteiger partial charge in [-0.2, -0.15) is 0 Å². The molecular weight excluding hydrogens is 172 g/mol. The lowest BCUT2D eigenvalue weighted by atomic mass is 9.68. The average Bonchev–Trinajstić information content (AvgIpc) is 2.18. The number of hydrogen-bond donors (Lipinski definition) is 2. The van der Waals surface area contributed by atoms with Crippen molar-refractivity contribution in [1.82, 2.24) is 5.32 Å². The molecule has 0 aromatic carbocycles. The largest absolute Gasteiger partial charge is 0.329 e. The molecule has 0 heterocycles. The van der Waals surface area contributed by atoms with E-state index in [4.69, 9.17) is 5.73 Å². The third-order valence-corrected chi connectivity index (χ3v) is 3.80. The maximum Gasteiger partial charge on any atom is 0.0334 e. The van der Waals surface area contributed by atoms with E-state index in [1.54, 1.807) is 0 Å². The summed E-state index contributed by atoms with van der Waals surface area (Å²) in [6.45, 7) is 8.68. The molecule has 0 aliphatic heterocycles. The Kier molecular flexibility index (Phi) is 4.39. The summed E-state index contributed by atoms with van der Waals surface area (Å²) in [4.78, 5) is 0. The van der Waals surface area contributed by atoms with Crippen LogP contribution < -0.4 is 11.1 Å². The molecule has 1 aliphatic carbocycles.